The molecule has 0 bridgehead atoms. The Labute approximate surface area is 139 Å². The van der Waals surface area contributed by atoms with Crippen LogP contribution in [0.1, 0.15) is 16.7 Å². The first-order valence-corrected chi connectivity index (χ1v) is 7.67. The van der Waals surface area contributed by atoms with Crippen LogP contribution in [0.15, 0.2) is 6.33 Å². The van der Waals surface area contributed by atoms with Crippen LogP contribution < -0.4 is 10.2 Å². The van der Waals surface area contributed by atoms with E-state index in [1.165, 1.54) is 13.4 Å². The number of fused-ring (bicyclic) bond motifs is 1. The Balaban J connectivity index is 2.03. The van der Waals surface area contributed by atoms with Gasteiger partial charge in [-0.3, -0.25) is 14.7 Å². The maximum Gasteiger partial charge on any atom is 0.278 e. The van der Waals surface area contributed by atoms with E-state index in [1.54, 1.807) is 23.6 Å². The lowest BCUT2D eigenvalue weighted by atomic mass is 10.1. The molecule has 0 aliphatic carbocycles. The summed E-state index contributed by atoms with van der Waals surface area (Å²) in [5, 5.41) is 22.7. The van der Waals surface area contributed by atoms with Crippen molar-refractivity contribution in [3.05, 3.63) is 12.0 Å². The van der Waals surface area contributed by atoms with Crippen molar-refractivity contribution in [3.8, 4) is 0 Å². The van der Waals surface area contributed by atoms with Crippen LogP contribution in [-0.4, -0.2) is 90.0 Å². The minimum absolute atomic E-state index is 0.215. The highest BCUT2D eigenvalue weighted by Crippen LogP contribution is 2.37. The Morgan fingerprint density at radius 2 is 2.12 bits per heavy atom. The third kappa shape index (κ3) is 2.30. The third-order valence-corrected chi connectivity index (χ3v) is 4.66. The zero-order chi connectivity index (χ0) is 17.6. The number of anilines is 1. The number of amides is 1. The maximum atomic E-state index is 12.5. The lowest BCUT2D eigenvalue weighted by Gasteiger charge is -2.40. The number of aromatic nitrogens is 2. The smallest absolute Gasteiger partial charge is 0.278 e. The summed E-state index contributed by atoms with van der Waals surface area (Å²) in [7, 11) is 6.74. The molecule has 1 aromatic heterocycles. The van der Waals surface area contributed by atoms with Crippen molar-refractivity contribution in [1.82, 2.24) is 19.8 Å². The summed E-state index contributed by atoms with van der Waals surface area (Å²) in [6, 6.07) is 0. The summed E-state index contributed by atoms with van der Waals surface area (Å²) in [6.07, 6.45) is -1.97. The molecule has 1 amide bonds. The topological polar surface area (TPSA) is 112 Å². The van der Waals surface area contributed by atoms with Gasteiger partial charge in [0.15, 0.2) is 18.2 Å². The van der Waals surface area contributed by atoms with Crippen molar-refractivity contribution in [1.29, 1.82) is 0 Å². The van der Waals surface area contributed by atoms with Crippen LogP contribution in [0.3, 0.4) is 0 Å². The molecular weight excluding hydrogens is 318 g/mol. The van der Waals surface area contributed by atoms with Gasteiger partial charge in [-0.2, -0.15) is 0 Å². The van der Waals surface area contributed by atoms with Crippen molar-refractivity contribution in [3.63, 3.8) is 0 Å². The normalized spacial score (nSPS) is 33.2. The molecule has 1 saturated heterocycles. The van der Waals surface area contributed by atoms with Crippen molar-refractivity contribution >= 4 is 11.7 Å². The number of nitrogens with zero attached hydrogens (tertiary/aromatic N) is 4. The largest absolute Gasteiger partial charge is 0.394 e. The first kappa shape index (κ1) is 17.1. The van der Waals surface area contributed by atoms with Crippen molar-refractivity contribution in [2.24, 2.45) is 0 Å². The van der Waals surface area contributed by atoms with E-state index < -0.39 is 24.5 Å². The number of aliphatic hydroxyl groups excluding tert-OH is 2. The second-order valence-corrected chi connectivity index (χ2v) is 5.95. The number of methoxy groups -OCH3 is 1. The standard InChI is InChI=1S/C14H23N5O5/c1-15-14-17(2)11-8(12(22)18(14)3)16-6-19(11)13-10(23-4)9(21)7(5-20)24-13/h6-7,9-10,13-15,20-21H,5H2,1-4H3/t7-,9-,10-,13-,14?/m1/s1. The summed E-state index contributed by atoms with van der Waals surface area (Å²) < 4.78 is 12.8. The number of hydrogen-bond donors (Lipinski definition) is 3. The molecule has 10 nitrogen and oxygen atoms in total. The van der Waals surface area contributed by atoms with Gasteiger partial charge in [-0.05, 0) is 7.05 Å². The average molecular weight is 341 g/mol. The van der Waals surface area contributed by atoms with Gasteiger partial charge in [-0.1, -0.05) is 0 Å². The van der Waals surface area contributed by atoms with Crippen LogP contribution in [0.2, 0.25) is 0 Å². The van der Waals surface area contributed by atoms with Gasteiger partial charge in [0.25, 0.3) is 5.91 Å². The lowest BCUT2D eigenvalue weighted by molar-refractivity contribution is -0.0597. The molecule has 2 aliphatic heterocycles. The molecule has 3 heterocycles. The molecule has 2 aliphatic rings. The highest BCUT2D eigenvalue weighted by Gasteiger charge is 2.47. The molecule has 1 fully saturated rings. The van der Waals surface area contributed by atoms with E-state index in [2.05, 4.69) is 10.3 Å². The third-order valence-electron chi connectivity index (χ3n) is 4.66. The Kier molecular flexibility index (Phi) is 4.49. The van der Waals surface area contributed by atoms with Crippen molar-refractivity contribution < 1.29 is 24.5 Å². The quantitative estimate of drug-likeness (QED) is 0.587. The van der Waals surface area contributed by atoms with Gasteiger partial charge in [-0.15, -0.1) is 0 Å². The van der Waals surface area contributed by atoms with Gasteiger partial charge in [-0.25, -0.2) is 4.98 Å². The van der Waals surface area contributed by atoms with Crippen LogP contribution in [-0.2, 0) is 9.47 Å². The van der Waals surface area contributed by atoms with E-state index >= 15 is 0 Å². The highest BCUT2D eigenvalue weighted by molar-refractivity contribution is 5.99. The van der Waals surface area contributed by atoms with Gasteiger partial charge in [0.2, 0.25) is 0 Å². The van der Waals surface area contributed by atoms with Crippen molar-refractivity contribution in [2.45, 2.75) is 30.8 Å². The number of hydrogen-bond acceptors (Lipinski definition) is 8. The molecule has 5 atom stereocenters. The number of nitrogens with one attached hydrogen (secondary N) is 1. The Morgan fingerprint density at radius 3 is 2.71 bits per heavy atom. The Hall–Kier alpha value is -1.72. The molecule has 0 aromatic carbocycles. The number of rotatable bonds is 4. The van der Waals surface area contributed by atoms with Crippen LogP contribution >= 0.6 is 0 Å². The van der Waals surface area contributed by atoms with Crippen LogP contribution in [0, 0.1) is 0 Å². The van der Waals surface area contributed by atoms with E-state index in [0.717, 1.165) is 0 Å². The van der Waals surface area contributed by atoms with Gasteiger partial charge >= 0.3 is 0 Å². The fraction of sp³-hybridized carbons (Fsp3) is 0.714. The summed E-state index contributed by atoms with van der Waals surface area (Å²) in [6.45, 7) is -0.328. The van der Waals surface area contributed by atoms with E-state index in [-0.39, 0.29) is 18.8 Å². The minimum atomic E-state index is -0.976. The summed E-state index contributed by atoms with van der Waals surface area (Å²) in [5.41, 5.74) is 0.298. The van der Waals surface area contributed by atoms with E-state index in [9.17, 15) is 15.0 Å². The zero-order valence-corrected chi connectivity index (χ0v) is 14.1. The Morgan fingerprint density at radius 1 is 1.42 bits per heavy atom. The number of carbonyl (C=O) groups is 1. The first-order valence-electron chi connectivity index (χ1n) is 7.67. The zero-order valence-electron chi connectivity index (χ0n) is 14.1. The SMILES string of the molecule is CNC1N(C)C(=O)c2ncn([C@@H]3O[C@H](CO)[C@@H](O)[C@H]3OC)c2N1C. The molecule has 134 valence electrons. The predicted octanol–water partition coefficient (Wildman–Crippen LogP) is -1.83. The lowest BCUT2D eigenvalue weighted by Crippen LogP contribution is -2.59. The second kappa shape index (κ2) is 6.30. The van der Waals surface area contributed by atoms with Gasteiger partial charge < -0.3 is 29.5 Å². The fourth-order valence-corrected chi connectivity index (χ4v) is 3.43. The highest BCUT2D eigenvalue weighted by atomic mass is 16.6. The first-order chi connectivity index (χ1) is 11.5. The van der Waals surface area contributed by atoms with Gasteiger partial charge in [0.05, 0.1) is 12.9 Å². The Bertz CT molecular complexity index is 623. The molecule has 0 saturated carbocycles. The second-order valence-electron chi connectivity index (χ2n) is 5.95. The molecule has 10 heteroatoms. The predicted molar refractivity (Wildman–Crippen MR) is 83.4 cm³/mol. The van der Waals surface area contributed by atoms with E-state index in [0.29, 0.717) is 11.5 Å². The molecule has 1 aromatic rings. The molecule has 0 radical (unpaired) electrons. The van der Waals surface area contributed by atoms with Crippen molar-refractivity contribution in [2.75, 3.05) is 39.8 Å². The maximum absolute atomic E-state index is 12.5. The average Bonchev–Trinajstić information content (AvgIpc) is 3.14. The van der Waals surface area contributed by atoms with E-state index in [4.69, 9.17) is 9.47 Å². The molecular formula is C14H23N5O5. The summed E-state index contributed by atoms with van der Waals surface area (Å²) in [4.78, 5) is 20.1. The molecule has 0 spiro atoms. The van der Waals surface area contributed by atoms with Crippen LogP contribution in [0.4, 0.5) is 5.82 Å². The molecule has 3 rings (SSSR count). The van der Waals surface area contributed by atoms with Gasteiger partial charge in [0.1, 0.15) is 24.1 Å². The number of imidazole rings is 1. The molecule has 24 heavy (non-hydrogen) atoms. The monoisotopic (exact) mass is 341 g/mol. The van der Waals surface area contributed by atoms with Gasteiger partial charge in [0, 0.05) is 21.2 Å². The number of carbonyl (C=O) groups excluding carboxylic acids is 1. The minimum Gasteiger partial charge on any atom is -0.394 e. The number of ether oxygens (including phenoxy) is 2. The molecule has 3 N–H and O–H groups in total. The summed E-state index contributed by atoms with van der Waals surface area (Å²) >= 11 is 0. The fourth-order valence-electron chi connectivity index (χ4n) is 3.43. The van der Waals surface area contributed by atoms with Crippen LogP contribution in [0.5, 0.6) is 0 Å². The summed E-state index contributed by atoms with van der Waals surface area (Å²) in [5.74, 6) is 0.350. The molecule has 1 unspecified atom stereocenters. The van der Waals surface area contributed by atoms with E-state index in [1.807, 2.05) is 11.9 Å². The van der Waals surface area contributed by atoms with Crippen LogP contribution in [0.25, 0.3) is 0 Å². The number of aliphatic hydroxyl groups is 2.